The quantitative estimate of drug-likeness (QED) is 0.834. The summed E-state index contributed by atoms with van der Waals surface area (Å²) in [6.45, 7) is 1.48. The number of nitrogens with one attached hydrogen (secondary N) is 1. The van der Waals surface area contributed by atoms with E-state index in [1.807, 2.05) is 30.3 Å². The van der Waals surface area contributed by atoms with Crippen LogP contribution < -0.4 is 5.32 Å². The van der Waals surface area contributed by atoms with Crippen molar-refractivity contribution in [2.45, 2.75) is 25.4 Å². The maximum absolute atomic E-state index is 11.6. The van der Waals surface area contributed by atoms with Gasteiger partial charge in [-0.25, -0.2) is 0 Å². The highest BCUT2D eigenvalue weighted by Gasteiger charge is 2.15. The Labute approximate surface area is 95.8 Å². The molecular formula is C13H17NO2. The van der Waals surface area contributed by atoms with Crippen LogP contribution in [-0.4, -0.2) is 25.2 Å². The first-order valence-electron chi connectivity index (χ1n) is 5.77. The van der Waals surface area contributed by atoms with Crippen LogP contribution in [0.4, 0.5) is 0 Å². The summed E-state index contributed by atoms with van der Waals surface area (Å²) in [4.78, 5) is 11.6. The first kappa shape index (κ1) is 11.1. The van der Waals surface area contributed by atoms with Crippen LogP contribution in [-0.2, 0) is 16.0 Å². The van der Waals surface area contributed by atoms with Crippen LogP contribution in [0.3, 0.4) is 0 Å². The Balaban J connectivity index is 1.72. The maximum atomic E-state index is 11.6. The zero-order chi connectivity index (χ0) is 11.2. The van der Waals surface area contributed by atoms with Crippen LogP contribution in [0.5, 0.6) is 0 Å². The van der Waals surface area contributed by atoms with E-state index in [1.165, 1.54) is 0 Å². The minimum absolute atomic E-state index is 0.0710. The van der Waals surface area contributed by atoms with Crippen LogP contribution in [0.2, 0.25) is 0 Å². The molecule has 86 valence electrons. The fourth-order valence-electron chi connectivity index (χ4n) is 1.88. The third kappa shape index (κ3) is 3.35. The van der Waals surface area contributed by atoms with Crippen molar-refractivity contribution in [3.63, 3.8) is 0 Å². The molecule has 1 amide bonds. The molecule has 1 aromatic rings. The van der Waals surface area contributed by atoms with Gasteiger partial charge in [0.15, 0.2) is 0 Å². The van der Waals surface area contributed by atoms with Crippen molar-refractivity contribution in [2.75, 3.05) is 13.2 Å². The van der Waals surface area contributed by atoms with E-state index >= 15 is 0 Å². The molecule has 1 N–H and O–H groups in total. The summed E-state index contributed by atoms with van der Waals surface area (Å²) in [6, 6.07) is 9.77. The zero-order valence-electron chi connectivity index (χ0n) is 9.32. The summed E-state index contributed by atoms with van der Waals surface area (Å²) in [7, 11) is 0. The van der Waals surface area contributed by atoms with Crippen molar-refractivity contribution < 1.29 is 9.53 Å². The van der Waals surface area contributed by atoms with E-state index in [1.54, 1.807) is 0 Å². The number of amides is 1. The number of carbonyl (C=O) groups excluding carboxylic acids is 1. The average Bonchev–Trinajstić information content (AvgIpc) is 2.81. The molecule has 1 fully saturated rings. The number of ether oxygens (including phenoxy) is 1. The predicted molar refractivity (Wildman–Crippen MR) is 62.1 cm³/mol. The van der Waals surface area contributed by atoms with Crippen LogP contribution >= 0.6 is 0 Å². The standard InChI is InChI=1S/C13H17NO2/c15-13(9-11-5-2-1-3-6-11)14-10-12-7-4-8-16-12/h1-3,5-6,12H,4,7-10H2,(H,14,15)/t12-/m1/s1. The number of carbonyl (C=O) groups is 1. The molecule has 0 spiro atoms. The van der Waals surface area contributed by atoms with E-state index < -0.39 is 0 Å². The SMILES string of the molecule is O=C(Cc1ccccc1)NC[C@H]1CCCO1. The minimum atomic E-state index is 0.0710. The van der Waals surface area contributed by atoms with Gasteiger partial charge >= 0.3 is 0 Å². The molecule has 0 aromatic heterocycles. The van der Waals surface area contributed by atoms with Gasteiger partial charge in [-0.1, -0.05) is 30.3 Å². The van der Waals surface area contributed by atoms with Gasteiger partial charge < -0.3 is 10.1 Å². The lowest BCUT2D eigenvalue weighted by Crippen LogP contribution is -2.32. The highest BCUT2D eigenvalue weighted by atomic mass is 16.5. The fraction of sp³-hybridized carbons (Fsp3) is 0.462. The Morgan fingerprint density at radius 1 is 1.38 bits per heavy atom. The molecule has 0 radical (unpaired) electrons. The van der Waals surface area contributed by atoms with Gasteiger partial charge in [0.2, 0.25) is 5.91 Å². The average molecular weight is 219 g/mol. The first-order chi connectivity index (χ1) is 7.84. The molecular weight excluding hydrogens is 202 g/mol. The summed E-state index contributed by atoms with van der Waals surface area (Å²) >= 11 is 0. The van der Waals surface area contributed by atoms with E-state index in [-0.39, 0.29) is 12.0 Å². The number of rotatable bonds is 4. The Morgan fingerprint density at radius 2 is 2.19 bits per heavy atom. The first-order valence-corrected chi connectivity index (χ1v) is 5.77. The van der Waals surface area contributed by atoms with Crippen LogP contribution in [0, 0.1) is 0 Å². The molecule has 0 unspecified atom stereocenters. The molecule has 0 bridgehead atoms. The van der Waals surface area contributed by atoms with Gasteiger partial charge in [0.05, 0.1) is 12.5 Å². The summed E-state index contributed by atoms with van der Waals surface area (Å²) in [5.74, 6) is 0.0710. The maximum Gasteiger partial charge on any atom is 0.224 e. The van der Waals surface area contributed by atoms with Crippen LogP contribution in [0.1, 0.15) is 18.4 Å². The predicted octanol–water partition coefficient (Wildman–Crippen LogP) is 1.52. The third-order valence-electron chi connectivity index (χ3n) is 2.76. The molecule has 0 aliphatic carbocycles. The lowest BCUT2D eigenvalue weighted by molar-refractivity contribution is -0.120. The second-order valence-corrected chi connectivity index (χ2v) is 4.10. The van der Waals surface area contributed by atoms with Crippen molar-refractivity contribution >= 4 is 5.91 Å². The number of hydrogen-bond donors (Lipinski definition) is 1. The normalized spacial score (nSPS) is 19.6. The molecule has 3 heteroatoms. The molecule has 2 rings (SSSR count). The van der Waals surface area contributed by atoms with Gasteiger partial charge in [0, 0.05) is 13.2 Å². The third-order valence-corrected chi connectivity index (χ3v) is 2.76. The van der Waals surface area contributed by atoms with Crippen LogP contribution in [0.15, 0.2) is 30.3 Å². The summed E-state index contributed by atoms with van der Waals surface area (Å²) in [6.07, 6.45) is 2.85. The largest absolute Gasteiger partial charge is 0.376 e. The molecule has 1 aliphatic heterocycles. The molecule has 1 saturated heterocycles. The number of benzene rings is 1. The molecule has 16 heavy (non-hydrogen) atoms. The van der Waals surface area contributed by atoms with Crippen LogP contribution in [0.25, 0.3) is 0 Å². The Hall–Kier alpha value is -1.35. The van der Waals surface area contributed by atoms with Gasteiger partial charge in [0.1, 0.15) is 0 Å². The smallest absolute Gasteiger partial charge is 0.224 e. The highest BCUT2D eigenvalue weighted by molar-refractivity contribution is 5.78. The van der Waals surface area contributed by atoms with Crippen molar-refractivity contribution in [3.8, 4) is 0 Å². The molecule has 0 saturated carbocycles. The summed E-state index contributed by atoms with van der Waals surface area (Å²) < 4.78 is 5.44. The Morgan fingerprint density at radius 3 is 2.88 bits per heavy atom. The van der Waals surface area contributed by atoms with Crippen molar-refractivity contribution in [3.05, 3.63) is 35.9 Å². The lowest BCUT2D eigenvalue weighted by Gasteiger charge is -2.10. The van der Waals surface area contributed by atoms with Gasteiger partial charge in [-0.2, -0.15) is 0 Å². The highest BCUT2D eigenvalue weighted by Crippen LogP contribution is 2.10. The van der Waals surface area contributed by atoms with Crippen molar-refractivity contribution in [1.29, 1.82) is 0 Å². The molecule has 1 aliphatic rings. The van der Waals surface area contributed by atoms with Gasteiger partial charge in [-0.05, 0) is 18.4 Å². The molecule has 3 nitrogen and oxygen atoms in total. The lowest BCUT2D eigenvalue weighted by atomic mass is 10.1. The second kappa shape index (κ2) is 5.66. The summed E-state index contributed by atoms with van der Waals surface area (Å²) in [5, 5.41) is 2.91. The zero-order valence-corrected chi connectivity index (χ0v) is 9.32. The minimum Gasteiger partial charge on any atom is -0.376 e. The Bertz CT molecular complexity index is 331. The van der Waals surface area contributed by atoms with E-state index in [9.17, 15) is 4.79 Å². The molecule has 1 atom stereocenters. The summed E-state index contributed by atoms with van der Waals surface area (Å²) in [5.41, 5.74) is 1.05. The molecule has 1 aromatic carbocycles. The van der Waals surface area contributed by atoms with Crippen molar-refractivity contribution in [1.82, 2.24) is 5.32 Å². The number of hydrogen-bond acceptors (Lipinski definition) is 2. The second-order valence-electron chi connectivity index (χ2n) is 4.10. The van der Waals surface area contributed by atoms with E-state index in [2.05, 4.69) is 5.32 Å². The van der Waals surface area contributed by atoms with E-state index in [4.69, 9.17) is 4.74 Å². The fourth-order valence-corrected chi connectivity index (χ4v) is 1.88. The topological polar surface area (TPSA) is 38.3 Å². The van der Waals surface area contributed by atoms with Gasteiger partial charge in [-0.15, -0.1) is 0 Å². The monoisotopic (exact) mass is 219 g/mol. The van der Waals surface area contributed by atoms with Gasteiger partial charge in [0.25, 0.3) is 0 Å². The van der Waals surface area contributed by atoms with Gasteiger partial charge in [-0.3, -0.25) is 4.79 Å². The van der Waals surface area contributed by atoms with E-state index in [0.717, 1.165) is 25.0 Å². The Kier molecular flexibility index (Phi) is 3.94. The van der Waals surface area contributed by atoms with Crippen molar-refractivity contribution in [2.24, 2.45) is 0 Å². The molecule has 1 heterocycles. The van der Waals surface area contributed by atoms with E-state index in [0.29, 0.717) is 13.0 Å².